The zero-order valence-electron chi connectivity index (χ0n) is 11.9. The van der Waals surface area contributed by atoms with Gasteiger partial charge in [0.05, 0.1) is 35.7 Å². The van der Waals surface area contributed by atoms with Gasteiger partial charge in [-0.25, -0.2) is 9.67 Å². The number of rotatable bonds is 4. The van der Waals surface area contributed by atoms with Crippen molar-refractivity contribution in [3.63, 3.8) is 0 Å². The minimum absolute atomic E-state index is 0.0217. The van der Waals surface area contributed by atoms with E-state index >= 15 is 0 Å². The van der Waals surface area contributed by atoms with E-state index in [2.05, 4.69) is 27.2 Å². The van der Waals surface area contributed by atoms with E-state index in [1.54, 1.807) is 17.1 Å². The van der Waals surface area contributed by atoms with Crippen LogP contribution in [0, 0.1) is 17.8 Å². The zero-order chi connectivity index (χ0) is 14.8. The van der Waals surface area contributed by atoms with E-state index in [-0.39, 0.29) is 11.8 Å². The first-order valence-electron chi connectivity index (χ1n) is 7.01. The predicted molar refractivity (Wildman–Crippen MR) is 81.4 cm³/mol. The van der Waals surface area contributed by atoms with Crippen molar-refractivity contribution in [3.05, 3.63) is 12.4 Å². The van der Waals surface area contributed by atoms with Crippen molar-refractivity contribution in [3.8, 4) is 11.8 Å². The van der Waals surface area contributed by atoms with Crippen molar-refractivity contribution in [1.29, 1.82) is 0 Å². The molecule has 2 aromatic heterocycles. The van der Waals surface area contributed by atoms with Gasteiger partial charge in [0.25, 0.3) is 0 Å². The molecule has 1 saturated carbocycles. The molecule has 6 heteroatoms. The number of amides is 1. The number of carbonyl (C=O) groups excluding carboxylic acids is 1. The highest BCUT2D eigenvalue weighted by Crippen LogP contribution is 2.32. The van der Waals surface area contributed by atoms with E-state index in [4.69, 9.17) is 5.73 Å². The summed E-state index contributed by atoms with van der Waals surface area (Å²) in [4.78, 5) is 16.2. The molecule has 3 rings (SSSR count). The summed E-state index contributed by atoms with van der Waals surface area (Å²) in [6, 6.07) is 0. The Balaban J connectivity index is 1.86. The molecule has 2 heterocycles. The molecule has 2 aromatic rings. The molecule has 0 unspecified atom stereocenters. The molecule has 0 saturated heterocycles. The summed E-state index contributed by atoms with van der Waals surface area (Å²) in [7, 11) is 0. The van der Waals surface area contributed by atoms with Gasteiger partial charge in [-0.3, -0.25) is 4.79 Å². The first-order valence-corrected chi connectivity index (χ1v) is 7.01. The molecule has 21 heavy (non-hydrogen) atoms. The minimum Gasteiger partial charge on any atom is -0.396 e. The molecule has 0 spiro atoms. The number of aromatic nitrogens is 3. The van der Waals surface area contributed by atoms with Gasteiger partial charge in [0.1, 0.15) is 0 Å². The summed E-state index contributed by atoms with van der Waals surface area (Å²) in [5.41, 5.74) is 7.92. The van der Waals surface area contributed by atoms with Crippen LogP contribution in [0.5, 0.6) is 0 Å². The van der Waals surface area contributed by atoms with Gasteiger partial charge in [-0.1, -0.05) is 0 Å². The van der Waals surface area contributed by atoms with Crippen LogP contribution in [-0.4, -0.2) is 20.7 Å². The molecule has 1 aliphatic rings. The molecular formula is C15H17N5O. The van der Waals surface area contributed by atoms with Crippen LogP contribution in [0.3, 0.4) is 0 Å². The van der Waals surface area contributed by atoms with Crippen molar-refractivity contribution >= 4 is 28.3 Å². The maximum absolute atomic E-state index is 11.8. The summed E-state index contributed by atoms with van der Waals surface area (Å²) >= 11 is 0. The second kappa shape index (κ2) is 5.44. The lowest BCUT2D eigenvalue weighted by molar-refractivity contribution is -0.117. The quantitative estimate of drug-likeness (QED) is 0.837. The van der Waals surface area contributed by atoms with Gasteiger partial charge >= 0.3 is 0 Å². The van der Waals surface area contributed by atoms with Crippen LogP contribution >= 0.6 is 0 Å². The van der Waals surface area contributed by atoms with Gasteiger partial charge < -0.3 is 11.1 Å². The highest BCUT2D eigenvalue weighted by atomic mass is 16.2. The van der Waals surface area contributed by atoms with Gasteiger partial charge in [0.2, 0.25) is 5.91 Å². The molecule has 1 fully saturated rings. The Morgan fingerprint density at radius 3 is 3.05 bits per heavy atom. The monoisotopic (exact) mass is 283 g/mol. The number of anilines is 2. The van der Waals surface area contributed by atoms with E-state index in [0.717, 1.165) is 30.3 Å². The molecule has 0 bridgehead atoms. The van der Waals surface area contributed by atoms with Gasteiger partial charge in [-0.15, -0.1) is 11.8 Å². The number of hydrogen-bond donors (Lipinski definition) is 2. The normalized spacial score (nSPS) is 13.8. The van der Waals surface area contributed by atoms with Gasteiger partial charge in [-0.2, -0.15) is 5.10 Å². The Morgan fingerprint density at radius 1 is 1.52 bits per heavy atom. The Labute approximate surface area is 122 Å². The first kappa shape index (κ1) is 13.4. The zero-order valence-corrected chi connectivity index (χ0v) is 11.9. The van der Waals surface area contributed by atoms with Crippen molar-refractivity contribution in [1.82, 2.24) is 14.8 Å². The average Bonchev–Trinajstić information content (AvgIpc) is 3.25. The molecule has 1 aliphatic carbocycles. The van der Waals surface area contributed by atoms with E-state index in [0.29, 0.717) is 17.9 Å². The summed E-state index contributed by atoms with van der Waals surface area (Å²) in [6.45, 7) is 2.48. The number of fused-ring (bicyclic) bond motifs is 1. The van der Waals surface area contributed by atoms with E-state index in [1.807, 2.05) is 6.92 Å². The number of nitrogens with zero attached hydrogens (tertiary/aromatic N) is 3. The fourth-order valence-electron chi connectivity index (χ4n) is 2.18. The Bertz CT molecular complexity index is 748. The molecule has 1 amide bonds. The standard InChI is InChI=1S/C15H17N5O/c1-2-3-4-7-20-14-11(8-18-20)13(16)12(9-17-14)19-15(21)10-5-6-10/h8-10H,4-7H2,1H3,(H2,16,17)(H,19,21). The second-order valence-corrected chi connectivity index (χ2v) is 5.13. The number of nitrogens with two attached hydrogens (primary N) is 1. The summed E-state index contributed by atoms with van der Waals surface area (Å²) in [6.07, 6.45) is 5.91. The maximum atomic E-state index is 11.8. The summed E-state index contributed by atoms with van der Waals surface area (Å²) in [5, 5.41) is 7.89. The average molecular weight is 283 g/mol. The lowest BCUT2D eigenvalue weighted by atomic mass is 10.2. The maximum Gasteiger partial charge on any atom is 0.227 e. The summed E-state index contributed by atoms with van der Waals surface area (Å²) in [5.74, 6) is 6.01. The third kappa shape index (κ3) is 2.68. The van der Waals surface area contributed by atoms with Crippen LogP contribution in [0.1, 0.15) is 26.2 Å². The molecule has 0 aromatic carbocycles. The number of aryl methyl sites for hydroxylation is 1. The fourth-order valence-corrected chi connectivity index (χ4v) is 2.18. The van der Waals surface area contributed by atoms with Crippen molar-refractivity contribution in [2.45, 2.75) is 32.7 Å². The van der Waals surface area contributed by atoms with Crippen LogP contribution < -0.4 is 11.1 Å². The topological polar surface area (TPSA) is 85.8 Å². The molecule has 0 atom stereocenters. The lowest BCUT2D eigenvalue weighted by Gasteiger charge is -2.08. The van der Waals surface area contributed by atoms with Crippen LogP contribution in [-0.2, 0) is 11.3 Å². The van der Waals surface area contributed by atoms with Gasteiger partial charge in [-0.05, 0) is 19.8 Å². The third-order valence-corrected chi connectivity index (χ3v) is 3.54. The SMILES string of the molecule is CC#CCCn1ncc2c(N)c(NC(=O)C3CC3)cnc21. The van der Waals surface area contributed by atoms with E-state index < -0.39 is 0 Å². The highest BCUT2D eigenvalue weighted by molar-refractivity contribution is 6.02. The van der Waals surface area contributed by atoms with Crippen LogP contribution in [0.25, 0.3) is 11.0 Å². The van der Waals surface area contributed by atoms with Gasteiger partial charge in [0.15, 0.2) is 5.65 Å². The number of nitrogen functional groups attached to an aromatic ring is 1. The van der Waals surface area contributed by atoms with Crippen molar-refractivity contribution < 1.29 is 4.79 Å². The van der Waals surface area contributed by atoms with Gasteiger partial charge in [0, 0.05) is 12.3 Å². The molecule has 0 aliphatic heterocycles. The largest absolute Gasteiger partial charge is 0.396 e. The van der Waals surface area contributed by atoms with E-state index in [1.165, 1.54) is 0 Å². The van der Waals surface area contributed by atoms with E-state index in [9.17, 15) is 4.79 Å². The lowest BCUT2D eigenvalue weighted by Crippen LogP contribution is -2.15. The van der Waals surface area contributed by atoms with Crippen LogP contribution in [0.4, 0.5) is 11.4 Å². The summed E-state index contributed by atoms with van der Waals surface area (Å²) < 4.78 is 1.78. The van der Waals surface area contributed by atoms with Crippen LogP contribution in [0.15, 0.2) is 12.4 Å². The predicted octanol–water partition coefficient (Wildman–Crippen LogP) is 1.78. The fraction of sp³-hybridized carbons (Fsp3) is 0.400. The molecular weight excluding hydrogens is 266 g/mol. The molecule has 108 valence electrons. The smallest absolute Gasteiger partial charge is 0.227 e. The van der Waals surface area contributed by atoms with Crippen molar-refractivity contribution in [2.75, 3.05) is 11.1 Å². The molecule has 3 N–H and O–H groups in total. The number of nitrogens with one attached hydrogen (secondary N) is 1. The second-order valence-electron chi connectivity index (χ2n) is 5.13. The number of hydrogen-bond acceptors (Lipinski definition) is 4. The highest BCUT2D eigenvalue weighted by Gasteiger charge is 2.30. The third-order valence-electron chi connectivity index (χ3n) is 3.54. The number of pyridine rings is 1. The van der Waals surface area contributed by atoms with Crippen molar-refractivity contribution in [2.24, 2.45) is 5.92 Å². The Morgan fingerprint density at radius 2 is 2.33 bits per heavy atom. The Hall–Kier alpha value is -2.55. The molecule has 6 nitrogen and oxygen atoms in total. The minimum atomic E-state index is 0.0217. The Kier molecular flexibility index (Phi) is 3.48. The molecule has 0 radical (unpaired) electrons. The number of carbonyl (C=O) groups is 1. The first-order chi connectivity index (χ1) is 10.2. The van der Waals surface area contributed by atoms with Crippen LogP contribution in [0.2, 0.25) is 0 Å².